The van der Waals surface area contributed by atoms with E-state index in [0.29, 0.717) is 17.2 Å². The molecule has 1 N–H and O–H groups in total. The molecule has 156 valence electrons. The number of hydrogen-bond acceptors (Lipinski definition) is 8. The van der Waals surface area contributed by atoms with Crippen LogP contribution in [0.25, 0.3) is 10.7 Å². The van der Waals surface area contributed by atoms with Crippen molar-refractivity contribution in [3.8, 4) is 10.7 Å². The lowest BCUT2D eigenvalue weighted by Gasteiger charge is -2.49. The standard InChI is InChI=1S/C19H19F2N7OS/c1-11(29)23-8-13-9-24-17(30-13)15-10-25-18(27-26-15)28(2)19(6-12(20)7-19)16-14(21)4-3-5-22-16/h3-5,9-10,12H,6-8H2,1-2H3,(H,23,29). The van der Waals surface area contributed by atoms with Crippen molar-refractivity contribution in [2.75, 3.05) is 11.9 Å². The molecular weight excluding hydrogens is 412 g/mol. The highest BCUT2D eigenvalue weighted by molar-refractivity contribution is 7.14. The fourth-order valence-corrected chi connectivity index (χ4v) is 4.26. The van der Waals surface area contributed by atoms with Crippen LogP contribution in [0.1, 0.15) is 30.3 Å². The van der Waals surface area contributed by atoms with E-state index in [9.17, 15) is 13.6 Å². The van der Waals surface area contributed by atoms with Crippen LogP contribution >= 0.6 is 11.3 Å². The molecular formula is C19H19F2N7OS. The van der Waals surface area contributed by atoms with Crippen molar-refractivity contribution in [1.82, 2.24) is 30.5 Å². The molecule has 0 unspecified atom stereocenters. The van der Waals surface area contributed by atoms with Gasteiger partial charge in [0.2, 0.25) is 11.9 Å². The summed E-state index contributed by atoms with van der Waals surface area (Å²) in [4.78, 5) is 26.3. The third-order valence-electron chi connectivity index (χ3n) is 5.09. The molecule has 0 aliphatic heterocycles. The molecule has 0 bridgehead atoms. The Morgan fingerprint density at radius 2 is 2.10 bits per heavy atom. The first-order chi connectivity index (χ1) is 14.4. The maximum atomic E-state index is 14.4. The zero-order chi connectivity index (χ0) is 21.3. The molecule has 1 saturated carbocycles. The van der Waals surface area contributed by atoms with Gasteiger partial charge in [-0.25, -0.2) is 18.7 Å². The number of amides is 1. The molecule has 3 aromatic heterocycles. The number of nitrogens with one attached hydrogen (secondary N) is 1. The van der Waals surface area contributed by atoms with E-state index in [1.54, 1.807) is 18.1 Å². The van der Waals surface area contributed by atoms with Crippen molar-refractivity contribution in [1.29, 1.82) is 0 Å². The van der Waals surface area contributed by atoms with Crippen molar-refractivity contribution in [2.45, 2.75) is 38.0 Å². The summed E-state index contributed by atoms with van der Waals surface area (Å²) in [6.45, 7) is 1.83. The summed E-state index contributed by atoms with van der Waals surface area (Å²) >= 11 is 1.37. The first kappa shape index (κ1) is 20.2. The van der Waals surface area contributed by atoms with Gasteiger partial charge in [0, 0.05) is 44.1 Å². The predicted molar refractivity (Wildman–Crippen MR) is 107 cm³/mol. The number of pyridine rings is 1. The Morgan fingerprint density at radius 3 is 2.73 bits per heavy atom. The van der Waals surface area contributed by atoms with Gasteiger partial charge < -0.3 is 10.2 Å². The van der Waals surface area contributed by atoms with Crippen LogP contribution in [0.5, 0.6) is 0 Å². The molecule has 30 heavy (non-hydrogen) atoms. The van der Waals surface area contributed by atoms with Crippen LogP contribution in [-0.2, 0) is 16.9 Å². The Morgan fingerprint density at radius 1 is 1.30 bits per heavy atom. The number of anilines is 1. The first-order valence-electron chi connectivity index (χ1n) is 9.27. The summed E-state index contributed by atoms with van der Waals surface area (Å²) < 4.78 is 28.2. The fourth-order valence-electron chi connectivity index (χ4n) is 3.46. The number of carbonyl (C=O) groups excluding carboxylic acids is 1. The van der Waals surface area contributed by atoms with Crippen molar-refractivity contribution in [3.63, 3.8) is 0 Å². The van der Waals surface area contributed by atoms with E-state index in [4.69, 9.17) is 0 Å². The van der Waals surface area contributed by atoms with Crippen LogP contribution in [-0.4, -0.2) is 44.3 Å². The Kier molecular flexibility index (Phi) is 5.37. The Bertz CT molecular complexity index is 1050. The summed E-state index contributed by atoms with van der Waals surface area (Å²) in [5.41, 5.74) is -0.307. The summed E-state index contributed by atoms with van der Waals surface area (Å²) in [5, 5.41) is 11.7. The van der Waals surface area contributed by atoms with Gasteiger partial charge in [-0.3, -0.25) is 9.78 Å². The minimum Gasteiger partial charge on any atom is -0.351 e. The van der Waals surface area contributed by atoms with Gasteiger partial charge in [-0.05, 0) is 12.1 Å². The Hall–Kier alpha value is -3.08. The van der Waals surface area contributed by atoms with Crippen LogP contribution in [0, 0.1) is 5.82 Å². The molecule has 11 heteroatoms. The molecule has 0 spiro atoms. The Labute approximate surface area is 175 Å². The topological polar surface area (TPSA) is 96.8 Å². The third kappa shape index (κ3) is 3.72. The monoisotopic (exact) mass is 431 g/mol. The first-order valence-corrected chi connectivity index (χ1v) is 10.1. The molecule has 3 heterocycles. The Balaban J connectivity index is 1.56. The van der Waals surface area contributed by atoms with Gasteiger partial charge in [-0.1, -0.05) is 0 Å². The second-order valence-electron chi connectivity index (χ2n) is 7.11. The second kappa shape index (κ2) is 7.98. The highest BCUT2D eigenvalue weighted by Crippen LogP contribution is 2.48. The SMILES string of the molecule is CC(=O)NCc1cnc(-c2cnc(N(C)C3(c4ncccc4F)CC(F)C3)nn2)s1. The normalized spacial score (nSPS) is 20.5. The van der Waals surface area contributed by atoms with Gasteiger partial charge in [-0.15, -0.1) is 21.5 Å². The van der Waals surface area contributed by atoms with Gasteiger partial charge in [-0.2, -0.15) is 0 Å². The van der Waals surface area contributed by atoms with E-state index >= 15 is 0 Å². The van der Waals surface area contributed by atoms with E-state index in [-0.39, 0.29) is 30.4 Å². The average molecular weight is 431 g/mol. The molecule has 0 atom stereocenters. The lowest BCUT2D eigenvalue weighted by molar-refractivity contribution is -0.119. The molecule has 0 radical (unpaired) electrons. The maximum absolute atomic E-state index is 14.4. The second-order valence-corrected chi connectivity index (χ2v) is 8.23. The number of hydrogen-bond donors (Lipinski definition) is 1. The van der Waals surface area contributed by atoms with Gasteiger partial charge in [0.25, 0.3) is 0 Å². The quantitative estimate of drug-likeness (QED) is 0.641. The zero-order valence-corrected chi connectivity index (χ0v) is 17.2. The average Bonchev–Trinajstić information content (AvgIpc) is 3.19. The van der Waals surface area contributed by atoms with E-state index in [0.717, 1.165) is 4.88 Å². The van der Waals surface area contributed by atoms with Gasteiger partial charge in [0.05, 0.1) is 18.3 Å². The van der Waals surface area contributed by atoms with Gasteiger partial charge in [0.15, 0.2) is 0 Å². The fraction of sp³-hybridized carbons (Fsp3) is 0.368. The van der Waals surface area contributed by atoms with Gasteiger partial charge in [0.1, 0.15) is 28.4 Å². The summed E-state index contributed by atoms with van der Waals surface area (Å²) in [6, 6.07) is 2.81. The maximum Gasteiger partial charge on any atom is 0.245 e. The van der Waals surface area contributed by atoms with E-state index in [1.165, 1.54) is 42.8 Å². The summed E-state index contributed by atoms with van der Waals surface area (Å²) in [5.74, 6) is -0.371. The van der Waals surface area contributed by atoms with Gasteiger partial charge >= 0.3 is 0 Å². The van der Waals surface area contributed by atoms with Crippen molar-refractivity contribution < 1.29 is 13.6 Å². The number of rotatable bonds is 6. The van der Waals surface area contributed by atoms with Crippen LogP contribution in [0.15, 0.2) is 30.7 Å². The van der Waals surface area contributed by atoms with E-state index < -0.39 is 17.5 Å². The molecule has 0 saturated heterocycles. The number of thiazole rings is 1. The molecule has 1 aliphatic rings. The molecule has 1 amide bonds. The summed E-state index contributed by atoms with van der Waals surface area (Å²) in [7, 11) is 1.69. The molecule has 1 fully saturated rings. The number of carbonyl (C=O) groups is 1. The zero-order valence-electron chi connectivity index (χ0n) is 16.3. The van der Waals surface area contributed by atoms with Crippen molar-refractivity contribution in [2.24, 2.45) is 0 Å². The minimum atomic E-state index is -1.04. The molecule has 1 aliphatic carbocycles. The largest absolute Gasteiger partial charge is 0.351 e. The number of nitrogens with zero attached hydrogens (tertiary/aromatic N) is 6. The molecule has 0 aromatic carbocycles. The van der Waals surface area contributed by atoms with Crippen LogP contribution < -0.4 is 10.2 Å². The molecule has 8 nitrogen and oxygen atoms in total. The lowest BCUT2D eigenvalue weighted by atomic mass is 9.71. The van der Waals surface area contributed by atoms with Crippen molar-refractivity contribution >= 4 is 23.2 Å². The van der Waals surface area contributed by atoms with Crippen molar-refractivity contribution in [3.05, 3.63) is 47.1 Å². The minimum absolute atomic E-state index is 0.0987. The third-order valence-corrected chi connectivity index (χ3v) is 6.11. The summed E-state index contributed by atoms with van der Waals surface area (Å²) in [6.07, 6.45) is 3.82. The smallest absolute Gasteiger partial charge is 0.245 e. The highest BCUT2D eigenvalue weighted by Gasteiger charge is 2.52. The van der Waals surface area contributed by atoms with E-state index in [1.807, 2.05) is 0 Å². The predicted octanol–water partition coefficient (Wildman–Crippen LogP) is 2.63. The van der Waals surface area contributed by atoms with E-state index in [2.05, 4.69) is 30.5 Å². The number of aromatic nitrogens is 5. The number of alkyl halides is 1. The van der Waals surface area contributed by atoms with Crippen LogP contribution in [0.3, 0.4) is 0 Å². The lowest BCUT2D eigenvalue weighted by Crippen LogP contribution is -2.56. The van der Waals surface area contributed by atoms with Crippen LogP contribution in [0.2, 0.25) is 0 Å². The number of halogens is 2. The van der Waals surface area contributed by atoms with Crippen LogP contribution in [0.4, 0.5) is 14.7 Å². The highest BCUT2D eigenvalue weighted by atomic mass is 32.1. The molecule has 3 aromatic rings. The molecule has 4 rings (SSSR count).